The number of halogens is 1. The maximum atomic E-state index is 5.83. The highest BCUT2D eigenvalue weighted by Gasteiger charge is 2.22. The molecule has 2 unspecified atom stereocenters. The minimum absolute atomic E-state index is 0.547. The van der Waals surface area contributed by atoms with Crippen LogP contribution >= 0.6 is 15.9 Å². The Bertz CT molecular complexity index is 433. The Hall–Kier alpha value is -0.540. The lowest BCUT2D eigenvalue weighted by atomic mass is 9.89. The molecule has 0 aromatic heterocycles. The van der Waals surface area contributed by atoms with Gasteiger partial charge in [-0.15, -0.1) is 0 Å². The van der Waals surface area contributed by atoms with E-state index in [-0.39, 0.29) is 0 Å². The Labute approximate surface area is 125 Å². The van der Waals surface area contributed by atoms with Gasteiger partial charge in [-0.05, 0) is 49.1 Å². The highest BCUT2D eigenvalue weighted by atomic mass is 79.9. The lowest BCUT2D eigenvalue weighted by Gasteiger charge is -2.24. The van der Waals surface area contributed by atoms with Gasteiger partial charge in [0.15, 0.2) is 0 Å². The molecule has 0 amide bonds. The van der Waals surface area contributed by atoms with Gasteiger partial charge < -0.3 is 10.1 Å². The van der Waals surface area contributed by atoms with Gasteiger partial charge in [0.1, 0.15) is 5.75 Å². The van der Waals surface area contributed by atoms with Gasteiger partial charge in [0, 0.05) is 16.9 Å². The van der Waals surface area contributed by atoms with Gasteiger partial charge in [-0.3, -0.25) is 0 Å². The van der Waals surface area contributed by atoms with Crippen molar-refractivity contribution in [2.24, 2.45) is 5.92 Å². The molecule has 1 aromatic carbocycles. The normalized spacial score (nSPS) is 16.8. The van der Waals surface area contributed by atoms with Crippen LogP contribution in [0.15, 0.2) is 16.6 Å². The van der Waals surface area contributed by atoms with Crippen LogP contribution in [-0.2, 0) is 12.8 Å². The summed E-state index contributed by atoms with van der Waals surface area (Å²) in [7, 11) is 0. The third-order valence-electron chi connectivity index (χ3n) is 4.07. The number of nitrogens with one attached hydrogen (secondary N) is 1. The topological polar surface area (TPSA) is 21.3 Å². The molecule has 1 aromatic rings. The molecule has 106 valence electrons. The summed E-state index contributed by atoms with van der Waals surface area (Å²) < 4.78 is 7.01. The monoisotopic (exact) mass is 325 g/mol. The average molecular weight is 326 g/mol. The first-order valence-corrected chi connectivity index (χ1v) is 8.12. The van der Waals surface area contributed by atoms with Crippen molar-refractivity contribution >= 4 is 15.9 Å². The molecule has 0 radical (unpaired) electrons. The summed E-state index contributed by atoms with van der Waals surface area (Å²) in [6, 6.07) is 4.97. The zero-order valence-corrected chi connectivity index (χ0v) is 13.7. The highest BCUT2D eigenvalue weighted by Crippen LogP contribution is 2.35. The Morgan fingerprint density at radius 2 is 2.16 bits per heavy atom. The number of hydrogen-bond donors (Lipinski definition) is 1. The van der Waals surface area contributed by atoms with E-state index in [1.165, 1.54) is 22.0 Å². The summed E-state index contributed by atoms with van der Waals surface area (Å²) >= 11 is 3.62. The molecule has 2 atom stereocenters. The predicted molar refractivity (Wildman–Crippen MR) is 84.0 cm³/mol. The SMILES string of the molecule is CCNC(C)C(CC)Cc1cc(Br)cc2c1OCC2. The number of ether oxygens (including phenoxy) is 1. The number of hydrogen-bond acceptors (Lipinski definition) is 2. The summed E-state index contributed by atoms with van der Waals surface area (Å²) in [5.74, 6) is 1.80. The van der Waals surface area contributed by atoms with E-state index in [2.05, 4.69) is 54.2 Å². The Balaban J connectivity index is 2.18. The van der Waals surface area contributed by atoms with Crippen molar-refractivity contribution in [3.8, 4) is 5.75 Å². The lowest BCUT2D eigenvalue weighted by molar-refractivity contribution is 0.338. The molecule has 0 spiro atoms. The van der Waals surface area contributed by atoms with Crippen molar-refractivity contribution in [1.82, 2.24) is 5.32 Å². The molecule has 1 aliphatic rings. The molecule has 0 saturated carbocycles. The minimum atomic E-state index is 0.547. The highest BCUT2D eigenvalue weighted by molar-refractivity contribution is 9.10. The minimum Gasteiger partial charge on any atom is -0.493 e. The number of rotatable bonds is 6. The summed E-state index contributed by atoms with van der Waals surface area (Å²) in [5, 5.41) is 3.55. The van der Waals surface area contributed by atoms with Crippen molar-refractivity contribution in [2.45, 2.75) is 46.1 Å². The van der Waals surface area contributed by atoms with Gasteiger partial charge in [0.05, 0.1) is 6.61 Å². The van der Waals surface area contributed by atoms with Gasteiger partial charge in [-0.2, -0.15) is 0 Å². The van der Waals surface area contributed by atoms with Crippen LogP contribution in [0.5, 0.6) is 5.75 Å². The van der Waals surface area contributed by atoms with Crippen molar-refractivity contribution < 1.29 is 4.74 Å². The van der Waals surface area contributed by atoms with Crippen molar-refractivity contribution in [3.63, 3.8) is 0 Å². The number of benzene rings is 1. The molecule has 3 heteroatoms. The molecular formula is C16H24BrNO. The maximum absolute atomic E-state index is 5.83. The maximum Gasteiger partial charge on any atom is 0.125 e. The lowest BCUT2D eigenvalue weighted by Crippen LogP contribution is -2.34. The molecule has 0 aliphatic carbocycles. The molecule has 1 aliphatic heterocycles. The first-order valence-electron chi connectivity index (χ1n) is 7.33. The first-order chi connectivity index (χ1) is 9.15. The predicted octanol–water partition coefficient (Wildman–Crippen LogP) is 3.95. The van der Waals surface area contributed by atoms with Gasteiger partial charge in [0.2, 0.25) is 0 Å². The van der Waals surface area contributed by atoms with Crippen LogP contribution in [0, 0.1) is 5.92 Å². The zero-order chi connectivity index (χ0) is 13.8. The number of fused-ring (bicyclic) bond motifs is 1. The summed E-state index contributed by atoms with van der Waals surface area (Å²) in [4.78, 5) is 0. The quantitative estimate of drug-likeness (QED) is 0.855. The van der Waals surface area contributed by atoms with Gasteiger partial charge >= 0.3 is 0 Å². The van der Waals surface area contributed by atoms with E-state index in [4.69, 9.17) is 4.74 Å². The van der Waals surface area contributed by atoms with Crippen molar-refractivity contribution in [3.05, 3.63) is 27.7 Å². The summed E-state index contributed by atoms with van der Waals surface area (Å²) in [5.41, 5.74) is 2.72. The van der Waals surface area contributed by atoms with Crippen LogP contribution < -0.4 is 10.1 Å². The fourth-order valence-electron chi connectivity index (χ4n) is 2.94. The Kier molecular flexibility index (Phi) is 5.28. The van der Waals surface area contributed by atoms with E-state index in [9.17, 15) is 0 Å². The smallest absolute Gasteiger partial charge is 0.125 e. The molecule has 1 N–H and O–H groups in total. The Morgan fingerprint density at radius 3 is 2.84 bits per heavy atom. The van der Waals surface area contributed by atoms with E-state index in [1.54, 1.807) is 0 Å². The fraction of sp³-hybridized carbons (Fsp3) is 0.625. The fourth-order valence-corrected chi connectivity index (χ4v) is 3.50. The second-order valence-electron chi connectivity index (χ2n) is 5.37. The largest absolute Gasteiger partial charge is 0.493 e. The standard InChI is InChI=1S/C16H24BrNO/c1-4-12(11(3)18-5-2)8-14-10-15(17)9-13-6-7-19-16(13)14/h9-12,18H,4-8H2,1-3H3. The summed E-state index contributed by atoms with van der Waals surface area (Å²) in [6.45, 7) is 8.60. The van der Waals surface area contributed by atoms with Gasteiger partial charge in [-0.25, -0.2) is 0 Å². The third kappa shape index (κ3) is 3.51. The van der Waals surface area contributed by atoms with E-state index < -0.39 is 0 Å². The molecular weight excluding hydrogens is 302 g/mol. The van der Waals surface area contributed by atoms with Crippen LogP contribution in [0.2, 0.25) is 0 Å². The van der Waals surface area contributed by atoms with Crippen LogP contribution in [0.4, 0.5) is 0 Å². The second-order valence-corrected chi connectivity index (χ2v) is 6.29. The van der Waals surface area contributed by atoms with Crippen LogP contribution in [0.1, 0.15) is 38.3 Å². The van der Waals surface area contributed by atoms with Crippen molar-refractivity contribution in [1.29, 1.82) is 0 Å². The molecule has 1 heterocycles. The van der Waals surface area contributed by atoms with E-state index in [0.717, 1.165) is 31.7 Å². The molecule has 0 saturated heterocycles. The second kappa shape index (κ2) is 6.76. The Morgan fingerprint density at radius 1 is 1.37 bits per heavy atom. The molecule has 0 fully saturated rings. The van der Waals surface area contributed by atoms with E-state index in [1.807, 2.05) is 0 Å². The van der Waals surface area contributed by atoms with E-state index >= 15 is 0 Å². The molecule has 0 bridgehead atoms. The molecule has 19 heavy (non-hydrogen) atoms. The van der Waals surface area contributed by atoms with Crippen LogP contribution in [0.3, 0.4) is 0 Å². The van der Waals surface area contributed by atoms with Crippen LogP contribution in [-0.4, -0.2) is 19.2 Å². The summed E-state index contributed by atoms with van der Waals surface area (Å²) in [6.07, 6.45) is 3.32. The van der Waals surface area contributed by atoms with Crippen molar-refractivity contribution in [2.75, 3.05) is 13.2 Å². The van der Waals surface area contributed by atoms with Gasteiger partial charge in [-0.1, -0.05) is 36.2 Å². The van der Waals surface area contributed by atoms with Gasteiger partial charge in [0.25, 0.3) is 0 Å². The average Bonchev–Trinajstić information content (AvgIpc) is 2.83. The molecule has 2 nitrogen and oxygen atoms in total. The zero-order valence-electron chi connectivity index (χ0n) is 12.1. The van der Waals surface area contributed by atoms with Crippen LogP contribution in [0.25, 0.3) is 0 Å². The van der Waals surface area contributed by atoms with E-state index in [0.29, 0.717) is 12.0 Å². The molecule has 2 rings (SSSR count). The first kappa shape index (κ1) is 14.9. The third-order valence-corrected chi connectivity index (χ3v) is 4.52.